The van der Waals surface area contributed by atoms with Gasteiger partial charge in [-0.25, -0.2) is 8.78 Å². The lowest BCUT2D eigenvalue weighted by Crippen LogP contribution is -2.40. The lowest BCUT2D eigenvalue weighted by Gasteiger charge is -2.29. The highest BCUT2D eigenvalue weighted by Gasteiger charge is 2.28. The third-order valence-corrected chi connectivity index (χ3v) is 3.78. The van der Waals surface area contributed by atoms with Gasteiger partial charge in [-0.3, -0.25) is 9.59 Å². The first-order chi connectivity index (χ1) is 11.4. The number of amides is 1. The molecule has 0 atom stereocenters. The number of carboxylic acids is 1. The molecule has 0 unspecified atom stereocenters. The van der Waals surface area contributed by atoms with E-state index in [9.17, 15) is 18.4 Å². The number of nitrogens with zero attached hydrogens (tertiary/aromatic N) is 2. The molecular weight excluding hydrogens is 320 g/mol. The largest absolute Gasteiger partial charge is 0.481 e. The van der Waals surface area contributed by atoms with Crippen molar-refractivity contribution in [3.05, 3.63) is 41.6 Å². The molecule has 2 rings (SSSR count). The molecule has 0 aromatic heterocycles. The van der Waals surface area contributed by atoms with Gasteiger partial charge in [0.2, 0.25) is 0 Å². The summed E-state index contributed by atoms with van der Waals surface area (Å²) in [7, 11) is 0. The molecule has 0 bridgehead atoms. The third-order valence-electron chi connectivity index (χ3n) is 3.78. The zero-order chi connectivity index (χ0) is 17.7. The number of rotatable bonds is 4. The Morgan fingerprint density at radius 3 is 2.58 bits per heavy atom. The summed E-state index contributed by atoms with van der Waals surface area (Å²) < 4.78 is 26.6. The summed E-state index contributed by atoms with van der Waals surface area (Å²) in [6.07, 6.45) is 1.64. The molecule has 1 saturated heterocycles. The van der Waals surface area contributed by atoms with Crippen molar-refractivity contribution in [1.82, 2.24) is 4.90 Å². The van der Waals surface area contributed by atoms with E-state index in [0.717, 1.165) is 24.4 Å². The van der Waals surface area contributed by atoms with Crippen LogP contribution in [0.4, 0.5) is 14.5 Å². The number of likely N-dealkylation sites (tertiary alicyclic amines) is 1. The van der Waals surface area contributed by atoms with E-state index in [-0.39, 0.29) is 24.4 Å². The number of benzene rings is 1. The molecule has 0 radical (unpaired) electrons. The monoisotopic (exact) mass is 335 g/mol. The molecule has 1 fully saturated rings. The maximum atomic E-state index is 13.5. The van der Waals surface area contributed by atoms with Crippen molar-refractivity contribution < 1.29 is 23.5 Å². The Kier molecular flexibility index (Phi) is 5.47. The molecule has 0 aliphatic carbocycles. The van der Waals surface area contributed by atoms with E-state index in [2.05, 4.69) is 5.32 Å². The van der Waals surface area contributed by atoms with Crippen LogP contribution in [0.3, 0.4) is 0 Å². The van der Waals surface area contributed by atoms with E-state index in [4.69, 9.17) is 10.4 Å². The Labute approximate surface area is 137 Å². The normalized spacial score (nSPS) is 15.7. The SMILES string of the molecule is N#C/C(=C/Nc1cc(F)ccc1F)C(=O)N1CCC(C(=O)O)CC1. The van der Waals surface area contributed by atoms with Crippen LogP contribution in [-0.2, 0) is 9.59 Å². The molecule has 1 aliphatic heterocycles. The smallest absolute Gasteiger partial charge is 0.306 e. The summed E-state index contributed by atoms with van der Waals surface area (Å²) in [5, 5.41) is 20.4. The van der Waals surface area contributed by atoms with Crippen molar-refractivity contribution in [2.75, 3.05) is 18.4 Å². The first kappa shape index (κ1) is 17.4. The van der Waals surface area contributed by atoms with Gasteiger partial charge < -0.3 is 15.3 Å². The second kappa shape index (κ2) is 7.55. The van der Waals surface area contributed by atoms with Crippen LogP contribution in [-0.4, -0.2) is 35.0 Å². The third kappa shape index (κ3) is 4.07. The summed E-state index contributed by atoms with van der Waals surface area (Å²) in [6, 6.07) is 4.50. The number of carbonyl (C=O) groups is 2. The standard InChI is InChI=1S/C16H15F2N3O3/c17-12-1-2-13(18)14(7-12)20-9-11(8-19)15(22)21-5-3-10(4-6-21)16(23)24/h1-2,7,9-10,20H,3-6H2,(H,23,24)/b11-9-. The van der Waals surface area contributed by atoms with Crippen molar-refractivity contribution in [1.29, 1.82) is 5.26 Å². The summed E-state index contributed by atoms with van der Waals surface area (Å²) in [4.78, 5) is 24.5. The fraction of sp³-hybridized carbons (Fsp3) is 0.312. The van der Waals surface area contributed by atoms with Crippen LogP contribution in [0.5, 0.6) is 0 Å². The minimum absolute atomic E-state index is 0.194. The first-order valence-electron chi connectivity index (χ1n) is 7.26. The molecule has 24 heavy (non-hydrogen) atoms. The molecule has 2 N–H and O–H groups in total. The molecule has 1 heterocycles. The van der Waals surface area contributed by atoms with E-state index >= 15 is 0 Å². The van der Waals surface area contributed by atoms with Gasteiger partial charge >= 0.3 is 5.97 Å². The maximum absolute atomic E-state index is 13.5. The first-order valence-corrected chi connectivity index (χ1v) is 7.26. The number of aliphatic carboxylic acids is 1. The van der Waals surface area contributed by atoms with E-state index < -0.39 is 29.4 Å². The van der Waals surface area contributed by atoms with Gasteiger partial charge in [0, 0.05) is 25.4 Å². The molecule has 0 spiro atoms. The number of anilines is 1. The lowest BCUT2D eigenvalue weighted by molar-refractivity contribution is -0.145. The lowest BCUT2D eigenvalue weighted by atomic mass is 9.97. The topological polar surface area (TPSA) is 93.4 Å². The van der Waals surface area contributed by atoms with Crippen molar-refractivity contribution in [2.45, 2.75) is 12.8 Å². The molecular formula is C16H15F2N3O3. The predicted octanol–water partition coefficient (Wildman–Crippen LogP) is 2.11. The Hall–Kier alpha value is -2.95. The van der Waals surface area contributed by atoms with Crippen molar-refractivity contribution in [3.63, 3.8) is 0 Å². The molecule has 126 valence electrons. The molecule has 1 aromatic rings. The van der Waals surface area contributed by atoms with Gasteiger partial charge in [0.25, 0.3) is 5.91 Å². The minimum Gasteiger partial charge on any atom is -0.481 e. The van der Waals surface area contributed by atoms with Crippen LogP contribution in [0.1, 0.15) is 12.8 Å². The van der Waals surface area contributed by atoms with Crippen LogP contribution in [0, 0.1) is 28.9 Å². The van der Waals surface area contributed by atoms with E-state index in [1.165, 1.54) is 4.90 Å². The molecule has 0 saturated carbocycles. The summed E-state index contributed by atoms with van der Waals surface area (Å²) in [5.74, 6) is -3.36. The van der Waals surface area contributed by atoms with E-state index in [1.54, 1.807) is 6.07 Å². The van der Waals surface area contributed by atoms with Crippen LogP contribution >= 0.6 is 0 Å². The Morgan fingerprint density at radius 2 is 2.00 bits per heavy atom. The minimum atomic E-state index is -0.901. The number of nitriles is 1. The Morgan fingerprint density at radius 1 is 1.33 bits per heavy atom. The summed E-state index contributed by atoms with van der Waals surface area (Å²) >= 11 is 0. The van der Waals surface area contributed by atoms with Crippen LogP contribution in [0.2, 0.25) is 0 Å². The van der Waals surface area contributed by atoms with Crippen molar-refractivity contribution >= 4 is 17.6 Å². The van der Waals surface area contributed by atoms with Crippen LogP contribution in [0.25, 0.3) is 0 Å². The molecule has 8 heteroatoms. The predicted molar refractivity (Wildman–Crippen MR) is 80.6 cm³/mol. The highest BCUT2D eigenvalue weighted by molar-refractivity contribution is 5.97. The number of hydrogen-bond acceptors (Lipinski definition) is 4. The van der Waals surface area contributed by atoms with Crippen molar-refractivity contribution in [3.8, 4) is 6.07 Å². The second-order valence-corrected chi connectivity index (χ2v) is 5.34. The molecule has 1 amide bonds. The number of nitrogens with one attached hydrogen (secondary N) is 1. The fourth-order valence-electron chi connectivity index (χ4n) is 2.40. The zero-order valence-electron chi connectivity index (χ0n) is 12.6. The van der Waals surface area contributed by atoms with E-state index in [0.29, 0.717) is 12.8 Å². The van der Waals surface area contributed by atoms with Crippen LogP contribution < -0.4 is 5.32 Å². The van der Waals surface area contributed by atoms with E-state index in [1.807, 2.05) is 0 Å². The molecule has 1 aliphatic rings. The number of piperidine rings is 1. The Balaban J connectivity index is 2.05. The quantitative estimate of drug-likeness (QED) is 0.649. The van der Waals surface area contributed by atoms with Gasteiger partial charge in [0.15, 0.2) is 0 Å². The van der Waals surface area contributed by atoms with Gasteiger partial charge in [-0.2, -0.15) is 5.26 Å². The highest BCUT2D eigenvalue weighted by Crippen LogP contribution is 2.19. The van der Waals surface area contributed by atoms with Gasteiger partial charge in [0.05, 0.1) is 11.6 Å². The van der Waals surface area contributed by atoms with Crippen molar-refractivity contribution in [2.24, 2.45) is 5.92 Å². The number of hydrogen-bond donors (Lipinski definition) is 2. The molecule has 6 nitrogen and oxygen atoms in total. The number of carbonyl (C=O) groups excluding carboxylic acids is 1. The summed E-state index contributed by atoms with van der Waals surface area (Å²) in [6.45, 7) is 0.451. The molecule has 1 aromatic carbocycles. The van der Waals surface area contributed by atoms with Gasteiger partial charge in [-0.1, -0.05) is 0 Å². The average Bonchev–Trinajstić information content (AvgIpc) is 2.58. The maximum Gasteiger partial charge on any atom is 0.306 e. The summed E-state index contributed by atoms with van der Waals surface area (Å²) in [5.41, 5.74) is -0.465. The Bertz CT molecular complexity index is 720. The second-order valence-electron chi connectivity index (χ2n) is 5.34. The zero-order valence-corrected chi connectivity index (χ0v) is 12.6. The van der Waals surface area contributed by atoms with Gasteiger partial charge in [-0.05, 0) is 25.0 Å². The highest BCUT2D eigenvalue weighted by atomic mass is 19.1. The van der Waals surface area contributed by atoms with Gasteiger partial charge in [0.1, 0.15) is 23.3 Å². The number of carboxylic acid groups (broad SMARTS) is 1. The fourth-order valence-corrected chi connectivity index (χ4v) is 2.40. The number of halogens is 2. The average molecular weight is 335 g/mol. The van der Waals surface area contributed by atoms with Crippen LogP contribution in [0.15, 0.2) is 30.0 Å². The van der Waals surface area contributed by atoms with Gasteiger partial charge in [-0.15, -0.1) is 0 Å².